The smallest absolute Gasteiger partial charge is 0.307 e. The molecule has 1 N–H and O–H groups in total. The van der Waals surface area contributed by atoms with Gasteiger partial charge >= 0.3 is 5.97 Å². The summed E-state index contributed by atoms with van der Waals surface area (Å²) >= 11 is 0. The molecule has 1 aliphatic carbocycles. The zero-order valence-corrected chi connectivity index (χ0v) is 6.77. The second-order valence-corrected chi connectivity index (χ2v) is 3.20. The molecule has 1 heterocycles. The van der Waals surface area contributed by atoms with Crippen molar-refractivity contribution in [2.24, 2.45) is 13.0 Å². The Morgan fingerprint density at radius 1 is 1.83 bits per heavy atom. The van der Waals surface area contributed by atoms with Gasteiger partial charge in [0.1, 0.15) is 0 Å². The van der Waals surface area contributed by atoms with Crippen LogP contribution in [0.25, 0.3) is 0 Å². The van der Waals surface area contributed by atoms with Crippen LogP contribution in [0.1, 0.15) is 18.0 Å². The quantitative estimate of drug-likeness (QED) is 0.700. The van der Waals surface area contributed by atoms with Crippen LogP contribution in [0.2, 0.25) is 0 Å². The lowest BCUT2D eigenvalue weighted by Gasteiger charge is -1.89. The van der Waals surface area contributed by atoms with Crippen LogP contribution in [0.5, 0.6) is 0 Å². The fraction of sp³-hybridized carbons (Fsp3) is 0.500. The second kappa shape index (κ2) is 2.33. The topological polar surface area (TPSA) is 55.1 Å². The van der Waals surface area contributed by atoms with Crippen LogP contribution in [-0.4, -0.2) is 20.9 Å². The van der Waals surface area contributed by atoms with Crippen molar-refractivity contribution in [1.29, 1.82) is 0 Å². The first kappa shape index (κ1) is 7.34. The Balaban J connectivity index is 2.10. The minimum atomic E-state index is -0.703. The molecule has 0 spiro atoms. The monoisotopic (exact) mass is 166 g/mol. The van der Waals surface area contributed by atoms with Crippen molar-refractivity contribution in [3.05, 3.63) is 18.0 Å². The van der Waals surface area contributed by atoms with E-state index in [1.807, 2.05) is 19.3 Å². The second-order valence-electron chi connectivity index (χ2n) is 3.20. The normalized spacial score (nSPS) is 27.1. The van der Waals surface area contributed by atoms with Gasteiger partial charge in [-0.2, -0.15) is 5.10 Å². The summed E-state index contributed by atoms with van der Waals surface area (Å²) in [6, 6.07) is 1.88. The van der Waals surface area contributed by atoms with Crippen LogP contribution in [0, 0.1) is 5.92 Å². The average Bonchev–Trinajstić information content (AvgIpc) is 2.70. The van der Waals surface area contributed by atoms with E-state index in [2.05, 4.69) is 5.10 Å². The van der Waals surface area contributed by atoms with Crippen LogP contribution in [-0.2, 0) is 11.8 Å². The Labute approximate surface area is 69.8 Å². The van der Waals surface area contributed by atoms with Gasteiger partial charge in [0, 0.05) is 19.2 Å². The molecule has 4 nitrogen and oxygen atoms in total. The standard InChI is InChI=1S/C8H10N2O2/c1-10-3-2-7(9-10)5-4-6(5)8(11)12/h2-3,5-6H,4H2,1H3,(H,11,12)/t5-,6?/m1/s1. The van der Waals surface area contributed by atoms with Crippen molar-refractivity contribution in [3.63, 3.8) is 0 Å². The Hall–Kier alpha value is -1.32. The van der Waals surface area contributed by atoms with Crippen molar-refractivity contribution in [3.8, 4) is 0 Å². The highest BCUT2D eigenvalue weighted by Crippen LogP contribution is 2.46. The summed E-state index contributed by atoms with van der Waals surface area (Å²) in [5, 5.41) is 12.8. The SMILES string of the molecule is Cn1ccc([C@@H]2CC2C(=O)O)n1. The van der Waals surface area contributed by atoms with Gasteiger partial charge in [0.05, 0.1) is 11.6 Å². The molecule has 1 unspecified atom stereocenters. The molecule has 2 rings (SSSR count). The van der Waals surface area contributed by atoms with E-state index in [9.17, 15) is 4.79 Å². The van der Waals surface area contributed by atoms with Crippen molar-refractivity contribution in [1.82, 2.24) is 9.78 Å². The van der Waals surface area contributed by atoms with Crippen molar-refractivity contribution in [2.45, 2.75) is 12.3 Å². The molecule has 0 bridgehead atoms. The summed E-state index contributed by atoms with van der Waals surface area (Å²) in [7, 11) is 1.83. The van der Waals surface area contributed by atoms with E-state index in [1.165, 1.54) is 0 Å². The van der Waals surface area contributed by atoms with Crippen LogP contribution >= 0.6 is 0 Å². The van der Waals surface area contributed by atoms with Crippen LogP contribution < -0.4 is 0 Å². The van der Waals surface area contributed by atoms with E-state index in [0.29, 0.717) is 0 Å². The summed E-state index contributed by atoms with van der Waals surface area (Å²) in [4.78, 5) is 10.5. The maximum atomic E-state index is 10.5. The first-order valence-corrected chi connectivity index (χ1v) is 3.91. The Morgan fingerprint density at radius 2 is 2.58 bits per heavy atom. The third-order valence-corrected chi connectivity index (χ3v) is 2.22. The van der Waals surface area contributed by atoms with Gasteiger partial charge in [0.2, 0.25) is 0 Å². The molecule has 0 amide bonds. The van der Waals surface area contributed by atoms with Crippen LogP contribution in [0.3, 0.4) is 0 Å². The average molecular weight is 166 g/mol. The molecule has 1 saturated carbocycles. The number of aryl methyl sites for hydroxylation is 1. The highest BCUT2D eigenvalue weighted by molar-refractivity contribution is 5.74. The minimum Gasteiger partial charge on any atom is -0.481 e. The molecule has 64 valence electrons. The molecule has 12 heavy (non-hydrogen) atoms. The summed E-state index contributed by atoms with van der Waals surface area (Å²) in [5.41, 5.74) is 0.907. The van der Waals surface area contributed by atoms with Crippen molar-refractivity contribution >= 4 is 5.97 Å². The van der Waals surface area contributed by atoms with E-state index in [4.69, 9.17) is 5.11 Å². The fourth-order valence-electron chi connectivity index (χ4n) is 1.43. The zero-order valence-electron chi connectivity index (χ0n) is 6.77. The number of hydrogen-bond donors (Lipinski definition) is 1. The molecule has 1 fully saturated rings. The van der Waals surface area contributed by atoms with Gasteiger partial charge in [-0.25, -0.2) is 0 Å². The molecule has 0 aromatic carbocycles. The number of rotatable bonds is 2. The maximum absolute atomic E-state index is 10.5. The Kier molecular flexibility index (Phi) is 1.43. The summed E-state index contributed by atoms with van der Waals surface area (Å²) < 4.78 is 1.70. The van der Waals surface area contributed by atoms with Crippen LogP contribution in [0.15, 0.2) is 12.3 Å². The predicted octanol–water partition coefficient (Wildman–Crippen LogP) is 0.608. The van der Waals surface area contributed by atoms with E-state index in [-0.39, 0.29) is 11.8 Å². The number of aliphatic carboxylic acids is 1. The number of carboxylic acids is 1. The molecule has 0 radical (unpaired) electrons. The van der Waals surface area contributed by atoms with Crippen molar-refractivity contribution < 1.29 is 9.90 Å². The summed E-state index contributed by atoms with van der Waals surface area (Å²) in [6.45, 7) is 0. The number of hydrogen-bond acceptors (Lipinski definition) is 2. The summed E-state index contributed by atoms with van der Waals surface area (Å²) in [6.07, 6.45) is 2.58. The molecule has 1 aliphatic rings. The number of nitrogens with zero attached hydrogens (tertiary/aromatic N) is 2. The van der Waals surface area contributed by atoms with Gasteiger partial charge in [0.15, 0.2) is 0 Å². The molecular weight excluding hydrogens is 156 g/mol. The molecular formula is C8H10N2O2. The van der Waals surface area contributed by atoms with Gasteiger partial charge in [0.25, 0.3) is 0 Å². The van der Waals surface area contributed by atoms with E-state index in [0.717, 1.165) is 12.1 Å². The maximum Gasteiger partial charge on any atom is 0.307 e. The zero-order chi connectivity index (χ0) is 8.72. The number of carbonyl (C=O) groups is 1. The van der Waals surface area contributed by atoms with Crippen molar-refractivity contribution in [2.75, 3.05) is 0 Å². The Bertz CT molecular complexity index is 319. The minimum absolute atomic E-state index is 0.156. The molecule has 2 atom stereocenters. The Morgan fingerprint density at radius 3 is 3.00 bits per heavy atom. The van der Waals surface area contributed by atoms with Gasteiger partial charge in [-0.15, -0.1) is 0 Å². The third-order valence-electron chi connectivity index (χ3n) is 2.22. The first-order valence-electron chi connectivity index (χ1n) is 3.91. The third kappa shape index (κ3) is 1.09. The molecule has 0 saturated heterocycles. The van der Waals surface area contributed by atoms with E-state index in [1.54, 1.807) is 4.68 Å². The fourth-order valence-corrected chi connectivity index (χ4v) is 1.43. The largest absolute Gasteiger partial charge is 0.481 e. The van der Waals surface area contributed by atoms with Gasteiger partial charge in [-0.1, -0.05) is 0 Å². The predicted molar refractivity (Wildman–Crippen MR) is 41.7 cm³/mol. The lowest BCUT2D eigenvalue weighted by Crippen LogP contribution is -1.99. The highest BCUT2D eigenvalue weighted by atomic mass is 16.4. The summed E-state index contributed by atoms with van der Waals surface area (Å²) in [5.74, 6) is -0.741. The molecule has 4 heteroatoms. The molecule has 1 aromatic rings. The molecule has 0 aliphatic heterocycles. The lowest BCUT2D eigenvalue weighted by atomic mass is 10.2. The number of aromatic nitrogens is 2. The van der Waals surface area contributed by atoms with Gasteiger partial charge in [-0.3, -0.25) is 9.48 Å². The van der Waals surface area contributed by atoms with Crippen LogP contribution in [0.4, 0.5) is 0 Å². The van der Waals surface area contributed by atoms with Gasteiger partial charge < -0.3 is 5.11 Å². The van der Waals surface area contributed by atoms with E-state index < -0.39 is 5.97 Å². The first-order chi connectivity index (χ1) is 5.68. The highest BCUT2D eigenvalue weighted by Gasteiger charge is 2.45. The van der Waals surface area contributed by atoms with E-state index >= 15 is 0 Å². The lowest BCUT2D eigenvalue weighted by molar-refractivity contribution is -0.138. The number of carboxylic acid groups (broad SMARTS) is 1. The molecule has 1 aromatic heterocycles. The van der Waals surface area contributed by atoms with Gasteiger partial charge in [-0.05, 0) is 12.5 Å².